The van der Waals surface area contributed by atoms with Crippen LogP contribution in [0.25, 0.3) is 0 Å². The predicted molar refractivity (Wildman–Crippen MR) is 137 cm³/mol. The van der Waals surface area contributed by atoms with Crippen molar-refractivity contribution in [2.75, 3.05) is 25.2 Å². The SMILES string of the molecule is CO/N=C(\C(=O)N[C@@H]1C(=O)N2C(C(=O)OC(C)OC(=O)OC(C)C)=C(COC(C)=O)CS[C@H]12)c1csc(N)n1. The Hall–Kier alpha value is -3.86. The molecule has 2 aliphatic rings. The second kappa shape index (κ2) is 12.8. The van der Waals surface area contributed by atoms with Crippen molar-refractivity contribution in [3.63, 3.8) is 0 Å². The molecule has 1 saturated heterocycles. The molecule has 3 rings (SSSR count). The number of carbonyl (C=O) groups excluding carboxylic acids is 5. The van der Waals surface area contributed by atoms with Crippen LogP contribution in [0.3, 0.4) is 0 Å². The van der Waals surface area contributed by atoms with Crippen LogP contribution in [0.15, 0.2) is 21.8 Å². The summed E-state index contributed by atoms with van der Waals surface area (Å²) >= 11 is 2.33. The van der Waals surface area contributed by atoms with E-state index in [2.05, 4.69) is 15.5 Å². The van der Waals surface area contributed by atoms with Crippen LogP contribution in [-0.4, -0.2) is 88.8 Å². The molecule has 0 bridgehead atoms. The Morgan fingerprint density at radius 2 is 1.95 bits per heavy atom. The normalized spacial score (nSPS) is 19.5. The summed E-state index contributed by atoms with van der Waals surface area (Å²) < 4.78 is 20.0. The van der Waals surface area contributed by atoms with E-state index < -0.39 is 53.7 Å². The molecule has 212 valence electrons. The molecule has 15 nitrogen and oxygen atoms in total. The molecule has 1 aromatic rings. The standard InChI is InChI=1S/C22H27N5O10S2/c1-9(2)35-22(32)37-11(4)36-20(31)16-12(6-34-10(3)28)7-38-19-15(18(30)27(16)19)25-17(29)14(26-33-5)13-8-39-21(23)24-13/h8-9,11,15,19H,6-7H2,1-5H3,(H2,23,24)(H,25,29)/b26-14-/t11?,15-,19-/m1/s1. The van der Waals surface area contributed by atoms with Crippen LogP contribution in [0, 0.1) is 0 Å². The lowest BCUT2D eigenvalue weighted by Gasteiger charge is -2.49. The Bertz CT molecular complexity index is 1210. The number of anilines is 1. The fourth-order valence-corrected chi connectivity index (χ4v) is 5.33. The lowest BCUT2D eigenvalue weighted by molar-refractivity contribution is -0.169. The van der Waals surface area contributed by atoms with E-state index in [1.165, 1.54) is 38.1 Å². The molecule has 0 radical (unpaired) electrons. The number of carbonyl (C=O) groups is 5. The first-order chi connectivity index (χ1) is 18.4. The number of esters is 2. The van der Waals surface area contributed by atoms with Gasteiger partial charge in [0.2, 0.25) is 6.29 Å². The van der Waals surface area contributed by atoms with Gasteiger partial charge in [-0.15, -0.1) is 23.1 Å². The molecule has 3 heterocycles. The van der Waals surface area contributed by atoms with E-state index in [1.807, 2.05) is 0 Å². The molecule has 17 heteroatoms. The number of nitrogens with zero attached hydrogens (tertiary/aromatic N) is 3. The first-order valence-corrected chi connectivity index (χ1v) is 13.4. The Kier molecular flexibility index (Phi) is 9.74. The number of oxime groups is 1. The molecule has 1 fully saturated rings. The highest BCUT2D eigenvalue weighted by molar-refractivity contribution is 8.00. The first kappa shape index (κ1) is 29.7. The number of rotatable bonds is 10. The van der Waals surface area contributed by atoms with Gasteiger partial charge in [0.25, 0.3) is 11.8 Å². The minimum atomic E-state index is -1.36. The largest absolute Gasteiger partial charge is 0.511 e. The van der Waals surface area contributed by atoms with Crippen LogP contribution < -0.4 is 11.1 Å². The smallest absolute Gasteiger partial charge is 0.461 e. The highest BCUT2D eigenvalue weighted by Crippen LogP contribution is 2.41. The molecule has 0 spiro atoms. The second-order valence-corrected chi connectivity index (χ2v) is 10.3. The average molecular weight is 586 g/mol. The van der Waals surface area contributed by atoms with Crippen molar-refractivity contribution in [3.05, 3.63) is 22.3 Å². The van der Waals surface area contributed by atoms with E-state index in [1.54, 1.807) is 13.8 Å². The van der Waals surface area contributed by atoms with Crippen molar-refractivity contribution >= 4 is 63.9 Å². The van der Waals surface area contributed by atoms with Gasteiger partial charge in [-0.25, -0.2) is 14.6 Å². The number of β-lactam (4-membered cyclic amide) rings is 1. The lowest BCUT2D eigenvalue weighted by Crippen LogP contribution is -2.71. The van der Waals surface area contributed by atoms with E-state index in [9.17, 15) is 24.0 Å². The van der Waals surface area contributed by atoms with Crippen molar-refractivity contribution in [2.45, 2.75) is 51.5 Å². The Labute approximate surface area is 231 Å². The number of thiazole rings is 1. The minimum absolute atomic E-state index is 0.162. The zero-order valence-electron chi connectivity index (χ0n) is 21.6. The van der Waals surface area contributed by atoms with Crippen LogP contribution in [0.1, 0.15) is 33.4 Å². The number of fused-ring (bicyclic) bond motifs is 1. The molecule has 3 N–H and O–H groups in total. The molecular weight excluding hydrogens is 558 g/mol. The van der Waals surface area contributed by atoms with Gasteiger partial charge in [0.1, 0.15) is 36.5 Å². The van der Waals surface area contributed by atoms with Crippen molar-refractivity contribution in [1.29, 1.82) is 0 Å². The number of hydrogen-bond donors (Lipinski definition) is 2. The van der Waals surface area contributed by atoms with Gasteiger partial charge in [0.15, 0.2) is 10.8 Å². The van der Waals surface area contributed by atoms with Crippen LogP contribution in [-0.2, 0) is 43.0 Å². The molecule has 0 aromatic carbocycles. The van der Waals surface area contributed by atoms with Crippen molar-refractivity contribution in [1.82, 2.24) is 15.2 Å². The number of amides is 2. The van der Waals surface area contributed by atoms with E-state index in [0.717, 1.165) is 16.2 Å². The number of thioether (sulfide) groups is 1. The monoisotopic (exact) mass is 585 g/mol. The number of hydrogen-bond acceptors (Lipinski definition) is 15. The van der Waals surface area contributed by atoms with Gasteiger partial charge in [0, 0.05) is 30.6 Å². The van der Waals surface area contributed by atoms with Crippen LogP contribution in [0.5, 0.6) is 0 Å². The summed E-state index contributed by atoms with van der Waals surface area (Å²) in [4.78, 5) is 72.3. The van der Waals surface area contributed by atoms with Gasteiger partial charge in [-0.1, -0.05) is 5.16 Å². The summed E-state index contributed by atoms with van der Waals surface area (Å²) in [5.41, 5.74) is 5.73. The number of aromatic nitrogens is 1. The van der Waals surface area contributed by atoms with Crippen LogP contribution >= 0.6 is 23.1 Å². The van der Waals surface area contributed by atoms with Gasteiger partial charge in [-0.2, -0.15) is 0 Å². The van der Waals surface area contributed by atoms with Crippen LogP contribution in [0.2, 0.25) is 0 Å². The molecule has 1 unspecified atom stereocenters. The lowest BCUT2D eigenvalue weighted by atomic mass is 10.0. The van der Waals surface area contributed by atoms with E-state index >= 15 is 0 Å². The predicted octanol–water partition coefficient (Wildman–Crippen LogP) is 0.744. The summed E-state index contributed by atoms with van der Waals surface area (Å²) in [5, 5.41) is 7.30. The second-order valence-electron chi connectivity index (χ2n) is 8.29. The highest BCUT2D eigenvalue weighted by Gasteiger charge is 2.55. The maximum Gasteiger partial charge on any atom is 0.511 e. The van der Waals surface area contributed by atoms with Crippen LogP contribution in [0.4, 0.5) is 9.93 Å². The number of nitrogens with one attached hydrogen (secondary N) is 1. The number of nitrogen functional groups attached to an aromatic ring is 1. The average Bonchev–Trinajstić information content (AvgIpc) is 3.28. The molecule has 2 aliphatic heterocycles. The van der Waals surface area contributed by atoms with Crippen molar-refractivity contribution < 1.29 is 47.8 Å². The van der Waals surface area contributed by atoms with E-state index in [-0.39, 0.29) is 34.6 Å². The summed E-state index contributed by atoms with van der Waals surface area (Å²) in [6.07, 6.45) is -2.86. The Balaban J connectivity index is 1.78. The maximum absolute atomic E-state index is 13.2. The molecular formula is C22H27N5O10S2. The summed E-state index contributed by atoms with van der Waals surface area (Å²) in [5.74, 6) is -2.79. The first-order valence-electron chi connectivity index (χ1n) is 11.4. The third-order valence-corrected chi connectivity index (χ3v) is 7.02. The van der Waals surface area contributed by atoms with Gasteiger partial charge in [-0.3, -0.25) is 19.3 Å². The highest BCUT2D eigenvalue weighted by atomic mass is 32.2. The fourth-order valence-electron chi connectivity index (χ4n) is 3.46. The Morgan fingerprint density at radius 1 is 1.23 bits per heavy atom. The molecule has 3 atom stereocenters. The number of nitrogens with two attached hydrogens (primary N) is 1. The van der Waals surface area contributed by atoms with Crippen molar-refractivity contribution in [2.24, 2.45) is 5.16 Å². The molecule has 0 aliphatic carbocycles. The zero-order chi connectivity index (χ0) is 28.9. The third-order valence-electron chi connectivity index (χ3n) is 5.01. The van der Waals surface area contributed by atoms with Gasteiger partial charge in [0.05, 0.1) is 6.10 Å². The third kappa shape index (κ3) is 7.17. The zero-order valence-corrected chi connectivity index (χ0v) is 23.3. The minimum Gasteiger partial charge on any atom is -0.461 e. The molecule has 1 aromatic heterocycles. The maximum atomic E-state index is 13.2. The molecule has 0 saturated carbocycles. The van der Waals surface area contributed by atoms with Gasteiger partial charge in [-0.05, 0) is 13.8 Å². The Morgan fingerprint density at radius 3 is 2.54 bits per heavy atom. The summed E-state index contributed by atoms with van der Waals surface area (Å²) in [6.45, 7) is 5.45. The van der Waals surface area contributed by atoms with Gasteiger partial charge >= 0.3 is 18.1 Å². The fraction of sp³-hybridized carbons (Fsp3) is 0.500. The topological polar surface area (TPSA) is 198 Å². The molecule has 39 heavy (non-hydrogen) atoms. The molecule has 2 amide bonds. The van der Waals surface area contributed by atoms with E-state index in [0.29, 0.717) is 5.57 Å². The summed E-state index contributed by atoms with van der Waals surface area (Å²) in [7, 11) is 1.25. The van der Waals surface area contributed by atoms with E-state index in [4.69, 9.17) is 29.5 Å². The van der Waals surface area contributed by atoms with Crippen molar-refractivity contribution in [3.8, 4) is 0 Å². The number of ether oxygens (including phenoxy) is 4. The summed E-state index contributed by atoms with van der Waals surface area (Å²) in [6, 6.07) is -1.03. The quantitative estimate of drug-likeness (QED) is 0.0974. The van der Waals surface area contributed by atoms with Gasteiger partial charge < -0.3 is 34.8 Å².